The summed E-state index contributed by atoms with van der Waals surface area (Å²) in [6.45, 7) is 5.28. The van der Waals surface area contributed by atoms with Crippen LogP contribution >= 0.6 is 0 Å². The molecule has 0 aromatic heterocycles. The van der Waals surface area contributed by atoms with Gasteiger partial charge in [0.15, 0.2) is 0 Å². The smallest absolute Gasteiger partial charge is 0.303 e. The highest BCUT2D eigenvalue weighted by molar-refractivity contribution is 5.81. The van der Waals surface area contributed by atoms with Gasteiger partial charge in [-0.2, -0.15) is 0 Å². The zero-order valence-corrected chi connectivity index (χ0v) is 14.3. The Morgan fingerprint density at radius 2 is 1.83 bits per heavy atom. The summed E-state index contributed by atoms with van der Waals surface area (Å²) in [5.74, 6) is -0.860. The van der Waals surface area contributed by atoms with Gasteiger partial charge >= 0.3 is 5.97 Å². The van der Waals surface area contributed by atoms with Gasteiger partial charge in [-0.15, -0.1) is 0 Å². The Morgan fingerprint density at radius 1 is 1.13 bits per heavy atom. The minimum absolute atomic E-state index is 0.0361. The predicted octanol–water partition coefficient (Wildman–Crippen LogP) is 2.17. The molecule has 0 aromatic carbocycles. The van der Waals surface area contributed by atoms with E-state index in [0.717, 1.165) is 25.7 Å². The molecule has 1 saturated heterocycles. The highest BCUT2D eigenvalue weighted by Gasteiger charge is 2.32. The highest BCUT2D eigenvalue weighted by Crippen LogP contribution is 2.23. The zero-order chi connectivity index (χ0) is 17.2. The standard InChI is InChI=1S/C17H30N2O4/c1-3-4-11-18-17(23)14-10-9-13(2)19(12-14)15(20)7-5-6-8-16(21)22/h13-14H,3-12H2,1-2H3,(H,18,23)(H,21,22). The Labute approximate surface area is 138 Å². The number of nitrogens with zero attached hydrogens (tertiary/aromatic N) is 1. The van der Waals surface area contributed by atoms with Crippen LogP contribution in [0.3, 0.4) is 0 Å². The molecule has 1 aliphatic heterocycles. The molecule has 6 nitrogen and oxygen atoms in total. The molecule has 0 bridgehead atoms. The lowest BCUT2D eigenvalue weighted by Gasteiger charge is -2.37. The first-order valence-corrected chi connectivity index (χ1v) is 8.74. The lowest BCUT2D eigenvalue weighted by molar-refractivity contribution is -0.140. The van der Waals surface area contributed by atoms with Gasteiger partial charge in [-0.3, -0.25) is 14.4 Å². The molecule has 23 heavy (non-hydrogen) atoms. The molecule has 0 aromatic rings. The Balaban J connectivity index is 2.42. The predicted molar refractivity (Wildman–Crippen MR) is 87.9 cm³/mol. The van der Waals surface area contributed by atoms with E-state index in [0.29, 0.717) is 32.4 Å². The molecule has 1 fully saturated rings. The summed E-state index contributed by atoms with van der Waals surface area (Å²) in [7, 11) is 0. The molecule has 2 unspecified atom stereocenters. The van der Waals surface area contributed by atoms with Crippen molar-refractivity contribution in [3.8, 4) is 0 Å². The van der Waals surface area contributed by atoms with Crippen LogP contribution in [0.25, 0.3) is 0 Å². The number of likely N-dealkylation sites (tertiary alicyclic amines) is 1. The Kier molecular flexibility index (Phi) is 8.66. The largest absolute Gasteiger partial charge is 0.481 e. The number of amides is 2. The van der Waals surface area contributed by atoms with Gasteiger partial charge in [0.1, 0.15) is 0 Å². The molecule has 0 aliphatic carbocycles. The number of carboxylic acids is 1. The first-order chi connectivity index (χ1) is 11.0. The molecule has 1 aliphatic rings. The van der Waals surface area contributed by atoms with Crippen LogP contribution in [0.4, 0.5) is 0 Å². The van der Waals surface area contributed by atoms with Crippen molar-refractivity contribution in [2.24, 2.45) is 5.92 Å². The number of carboxylic acid groups (broad SMARTS) is 1. The SMILES string of the molecule is CCCCNC(=O)C1CCC(C)N(C(=O)CCCCC(=O)O)C1. The van der Waals surface area contributed by atoms with E-state index < -0.39 is 5.97 Å². The maximum Gasteiger partial charge on any atom is 0.303 e. The summed E-state index contributed by atoms with van der Waals surface area (Å²) in [4.78, 5) is 36.8. The number of nitrogens with one attached hydrogen (secondary N) is 1. The van der Waals surface area contributed by atoms with Gasteiger partial charge < -0.3 is 15.3 Å². The lowest BCUT2D eigenvalue weighted by atomic mass is 9.92. The van der Waals surface area contributed by atoms with Gasteiger partial charge in [-0.05, 0) is 39.0 Å². The summed E-state index contributed by atoms with van der Waals surface area (Å²) < 4.78 is 0. The van der Waals surface area contributed by atoms with Gasteiger partial charge in [-0.1, -0.05) is 13.3 Å². The molecule has 132 valence electrons. The van der Waals surface area contributed by atoms with Crippen molar-refractivity contribution in [1.29, 1.82) is 0 Å². The van der Waals surface area contributed by atoms with Gasteiger partial charge in [-0.25, -0.2) is 0 Å². The molecule has 2 atom stereocenters. The molecule has 0 saturated carbocycles. The van der Waals surface area contributed by atoms with Gasteiger partial charge in [0.05, 0.1) is 5.92 Å². The normalized spacial score (nSPS) is 21.0. The van der Waals surface area contributed by atoms with E-state index in [9.17, 15) is 14.4 Å². The van der Waals surface area contributed by atoms with Crippen molar-refractivity contribution < 1.29 is 19.5 Å². The number of rotatable bonds is 9. The molecular weight excluding hydrogens is 296 g/mol. The van der Waals surface area contributed by atoms with Crippen molar-refractivity contribution in [3.05, 3.63) is 0 Å². The van der Waals surface area contributed by atoms with Crippen molar-refractivity contribution >= 4 is 17.8 Å². The van der Waals surface area contributed by atoms with E-state index in [2.05, 4.69) is 12.2 Å². The van der Waals surface area contributed by atoms with Crippen LogP contribution in [0.5, 0.6) is 0 Å². The van der Waals surface area contributed by atoms with Crippen molar-refractivity contribution in [3.63, 3.8) is 0 Å². The molecule has 2 N–H and O–H groups in total. The molecule has 6 heteroatoms. The first kappa shape index (κ1) is 19.5. The average molecular weight is 326 g/mol. The average Bonchev–Trinajstić information content (AvgIpc) is 2.51. The maximum absolute atomic E-state index is 12.3. The van der Waals surface area contributed by atoms with E-state index in [1.807, 2.05) is 6.92 Å². The Hall–Kier alpha value is -1.59. The molecule has 0 spiro atoms. The zero-order valence-electron chi connectivity index (χ0n) is 14.3. The third-order valence-corrected chi connectivity index (χ3v) is 4.43. The number of hydrogen-bond acceptors (Lipinski definition) is 3. The van der Waals surface area contributed by atoms with E-state index in [1.165, 1.54) is 0 Å². The summed E-state index contributed by atoms with van der Waals surface area (Å²) in [5.41, 5.74) is 0. The van der Waals surface area contributed by atoms with Crippen LogP contribution < -0.4 is 5.32 Å². The van der Waals surface area contributed by atoms with Crippen LogP contribution in [0.1, 0.15) is 65.2 Å². The van der Waals surface area contributed by atoms with Gasteiger partial charge in [0.25, 0.3) is 0 Å². The fourth-order valence-electron chi connectivity index (χ4n) is 2.90. The van der Waals surface area contributed by atoms with E-state index in [4.69, 9.17) is 5.11 Å². The maximum atomic E-state index is 12.3. The second-order valence-electron chi connectivity index (χ2n) is 6.41. The summed E-state index contributed by atoms with van der Waals surface area (Å²) in [6.07, 6.45) is 5.25. The van der Waals surface area contributed by atoms with Crippen molar-refractivity contribution in [2.75, 3.05) is 13.1 Å². The Bertz CT molecular complexity index is 411. The molecule has 0 radical (unpaired) electrons. The van der Waals surface area contributed by atoms with E-state index in [-0.39, 0.29) is 30.2 Å². The quantitative estimate of drug-likeness (QED) is 0.636. The van der Waals surface area contributed by atoms with Crippen LogP contribution in [0.15, 0.2) is 0 Å². The lowest BCUT2D eigenvalue weighted by Crippen LogP contribution is -2.49. The third-order valence-electron chi connectivity index (χ3n) is 4.43. The van der Waals surface area contributed by atoms with Gasteiger partial charge in [0, 0.05) is 32.0 Å². The number of aliphatic carboxylic acids is 1. The monoisotopic (exact) mass is 326 g/mol. The minimum Gasteiger partial charge on any atom is -0.481 e. The minimum atomic E-state index is -0.826. The van der Waals surface area contributed by atoms with Crippen molar-refractivity contribution in [1.82, 2.24) is 10.2 Å². The van der Waals surface area contributed by atoms with E-state index in [1.54, 1.807) is 4.90 Å². The Morgan fingerprint density at radius 3 is 2.48 bits per heavy atom. The van der Waals surface area contributed by atoms with Crippen LogP contribution in [-0.2, 0) is 14.4 Å². The fourth-order valence-corrected chi connectivity index (χ4v) is 2.90. The van der Waals surface area contributed by atoms with Crippen molar-refractivity contribution in [2.45, 2.75) is 71.3 Å². The molecular formula is C17H30N2O4. The summed E-state index contributed by atoms with van der Waals surface area (Å²) in [5, 5.41) is 11.6. The number of piperidine rings is 1. The highest BCUT2D eigenvalue weighted by atomic mass is 16.4. The molecule has 1 rings (SSSR count). The summed E-state index contributed by atoms with van der Waals surface area (Å²) >= 11 is 0. The van der Waals surface area contributed by atoms with Gasteiger partial charge in [0.2, 0.25) is 11.8 Å². The number of unbranched alkanes of at least 4 members (excludes halogenated alkanes) is 2. The first-order valence-electron chi connectivity index (χ1n) is 8.74. The fraction of sp³-hybridized carbons (Fsp3) is 0.824. The third kappa shape index (κ3) is 7.01. The van der Waals surface area contributed by atoms with Crippen LogP contribution in [-0.4, -0.2) is 46.9 Å². The van der Waals surface area contributed by atoms with E-state index >= 15 is 0 Å². The van der Waals surface area contributed by atoms with Crippen LogP contribution in [0.2, 0.25) is 0 Å². The topological polar surface area (TPSA) is 86.7 Å². The number of carbonyl (C=O) groups excluding carboxylic acids is 2. The second kappa shape index (κ2) is 10.2. The molecule has 2 amide bonds. The second-order valence-corrected chi connectivity index (χ2v) is 6.41. The summed E-state index contributed by atoms with van der Waals surface area (Å²) in [6, 6.07) is 0.154. The number of hydrogen-bond donors (Lipinski definition) is 2. The number of carbonyl (C=O) groups is 3. The van der Waals surface area contributed by atoms with Crippen LogP contribution in [0, 0.1) is 5.92 Å². The molecule has 1 heterocycles.